The monoisotopic (exact) mass is 377 g/mol. The first-order valence-corrected chi connectivity index (χ1v) is 9.56. The third kappa shape index (κ3) is 4.18. The topological polar surface area (TPSA) is 102 Å². The van der Waals surface area contributed by atoms with E-state index in [-0.39, 0.29) is 10.6 Å². The SMILES string of the molecule is O=[N+]([O-])c1ccc(NCc2ccc(S(=O)(=O)N3CCOCC3)cc2)cc1. The van der Waals surface area contributed by atoms with Crippen LogP contribution in [-0.4, -0.2) is 43.9 Å². The van der Waals surface area contributed by atoms with Gasteiger partial charge in [-0.1, -0.05) is 12.1 Å². The van der Waals surface area contributed by atoms with Gasteiger partial charge in [0.2, 0.25) is 10.0 Å². The molecule has 2 aromatic carbocycles. The molecule has 1 aliphatic rings. The second kappa shape index (κ2) is 7.81. The van der Waals surface area contributed by atoms with E-state index in [1.54, 1.807) is 36.4 Å². The van der Waals surface area contributed by atoms with Crippen LogP contribution in [0.15, 0.2) is 53.4 Å². The third-order valence-corrected chi connectivity index (χ3v) is 6.02. The molecule has 3 rings (SSSR count). The van der Waals surface area contributed by atoms with Gasteiger partial charge in [0.05, 0.1) is 23.0 Å². The Morgan fingerprint density at radius 3 is 2.23 bits per heavy atom. The van der Waals surface area contributed by atoms with Gasteiger partial charge < -0.3 is 10.1 Å². The Balaban J connectivity index is 1.63. The van der Waals surface area contributed by atoms with Crippen LogP contribution in [0.1, 0.15) is 5.56 Å². The molecule has 0 bridgehead atoms. The van der Waals surface area contributed by atoms with Crippen LogP contribution in [0.25, 0.3) is 0 Å². The van der Waals surface area contributed by atoms with E-state index >= 15 is 0 Å². The highest BCUT2D eigenvalue weighted by molar-refractivity contribution is 7.89. The summed E-state index contributed by atoms with van der Waals surface area (Å²) >= 11 is 0. The summed E-state index contributed by atoms with van der Waals surface area (Å²) in [5, 5.41) is 13.8. The van der Waals surface area contributed by atoms with Crippen LogP contribution in [0.3, 0.4) is 0 Å². The molecule has 0 radical (unpaired) electrons. The zero-order valence-electron chi connectivity index (χ0n) is 14.0. The van der Waals surface area contributed by atoms with Crippen molar-refractivity contribution >= 4 is 21.4 Å². The Bertz CT molecular complexity index is 860. The number of sulfonamides is 1. The summed E-state index contributed by atoms with van der Waals surface area (Å²) in [5.74, 6) is 0. The Morgan fingerprint density at radius 2 is 1.65 bits per heavy atom. The maximum absolute atomic E-state index is 12.6. The lowest BCUT2D eigenvalue weighted by Crippen LogP contribution is -2.40. The van der Waals surface area contributed by atoms with E-state index in [1.165, 1.54) is 16.4 Å². The number of morpholine rings is 1. The Morgan fingerprint density at radius 1 is 1.04 bits per heavy atom. The molecule has 0 spiro atoms. The third-order valence-electron chi connectivity index (χ3n) is 4.11. The van der Waals surface area contributed by atoms with Gasteiger partial charge >= 0.3 is 0 Å². The number of anilines is 1. The van der Waals surface area contributed by atoms with E-state index < -0.39 is 14.9 Å². The number of nitrogens with zero attached hydrogens (tertiary/aromatic N) is 2. The molecule has 1 N–H and O–H groups in total. The van der Waals surface area contributed by atoms with E-state index in [9.17, 15) is 18.5 Å². The van der Waals surface area contributed by atoms with Crippen molar-refractivity contribution in [3.63, 3.8) is 0 Å². The predicted octanol–water partition coefficient (Wildman–Crippen LogP) is 2.23. The molecule has 1 aliphatic heterocycles. The fourth-order valence-corrected chi connectivity index (χ4v) is 4.03. The smallest absolute Gasteiger partial charge is 0.269 e. The van der Waals surface area contributed by atoms with E-state index in [1.807, 2.05) is 0 Å². The van der Waals surface area contributed by atoms with Crippen LogP contribution in [0.2, 0.25) is 0 Å². The van der Waals surface area contributed by atoms with Crippen molar-refractivity contribution in [2.75, 3.05) is 31.6 Å². The average molecular weight is 377 g/mol. The largest absolute Gasteiger partial charge is 0.381 e. The Hall–Kier alpha value is -2.49. The molecular formula is C17H19N3O5S. The lowest BCUT2D eigenvalue weighted by atomic mass is 10.2. The molecule has 0 unspecified atom stereocenters. The molecule has 9 heteroatoms. The van der Waals surface area contributed by atoms with Gasteiger partial charge in [0.25, 0.3) is 5.69 Å². The second-order valence-corrected chi connectivity index (χ2v) is 7.76. The molecule has 0 aromatic heterocycles. The summed E-state index contributed by atoms with van der Waals surface area (Å²) in [7, 11) is -3.49. The standard InChI is InChI=1S/C17H19N3O5S/c21-20(22)16-5-3-15(4-6-16)18-13-14-1-7-17(8-2-14)26(23,24)19-9-11-25-12-10-19/h1-8,18H,9-13H2. The quantitative estimate of drug-likeness (QED) is 0.612. The van der Waals surface area contributed by atoms with Gasteiger partial charge in [-0.15, -0.1) is 0 Å². The predicted molar refractivity (Wildman–Crippen MR) is 96.4 cm³/mol. The lowest BCUT2D eigenvalue weighted by Gasteiger charge is -2.26. The second-order valence-electron chi connectivity index (χ2n) is 5.82. The number of nitro benzene ring substituents is 1. The van der Waals surface area contributed by atoms with Gasteiger partial charge in [-0.3, -0.25) is 10.1 Å². The molecule has 26 heavy (non-hydrogen) atoms. The van der Waals surface area contributed by atoms with Crippen molar-refractivity contribution in [1.29, 1.82) is 0 Å². The molecule has 0 saturated carbocycles. The number of nitrogens with one attached hydrogen (secondary N) is 1. The van der Waals surface area contributed by atoms with Gasteiger partial charge in [0, 0.05) is 37.5 Å². The van der Waals surface area contributed by atoms with Crippen molar-refractivity contribution < 1.29 is 18.1 Å². The summed E-state index contributed by atoms with van der Waals surface area (Å²) in [6, 6.07) is 12.8. The number of benzene rings is 2. The zero-order chi connectivity index (χ0) is 18.6. The molecule has 0 aliphatic carbocycles. The maximum atomic E-state index is 12.6. The summed E-state index contributed by atoms with van der Waals surface area (Å²) in [6.45, 7) is 2.04. The van der Waals surface area contributed by atoms with Crippen molar-refractivity contribution in [3.05, 3.63) is 64.2 Å². The first-order chi connectivity index (χ1) is 12.5. The number of ether oxygens (including phenoxy) is 1. The van der Waals surface area contributed by atoms with Gasteiger partial charge in [0.1, 0.15) is 0 Å². The molecular weight excluding hydrogens is 358 g/mol. The van der Waals surface area contributed by atoms with Crippen molar-refractivity contribution in [3.8, 4) is 0 Å². The first-order valence-electron chi connectivity index (χ1n) is 8.12. The van der Waals surface area contributed by atoms with Crippen LogP contribution >= 0.6 is 0 Å². The highest BCUT2D eigenvalue weighted by Crippen LogP contribution is 2.19. The lowest BCUT2D eigenvalue weighted by molar-refractivity contribution is -0.384. The highest BCUT2D eigenvalue weighted by atomic mass is 32.2. The number of nitro groups is 1. The van der Waals surface area contributed by atoms with E-state index in [4.69, 9.17) is 4.74 Å². The minimum atomic E-state index is -3.49. The van der Waals surface area contributed by atoms with Crippen molar-refractivity contribution in [2.24, 2.45) is 0 Å². The summed E-state index contributed by atoms with van der Waals surface area (Å²) < 4.78 is 31.8. The first kappa shape index (κ1) is 18.3. The fourth-order valence-electron chi connectivity index (χ4n) is 2.62. The normalized spacial score (nSPS) is 15.5. The molecule has 2 aromatic rings. The Kier molecular flexibility index (Phi) is 5.50. The van der Waals surface area contributed by atoms with E-state index in [2.05, 4.69) is 5.32 Å². The molecule has 0 amide bonds. The van der Waals surface area contributed by atoms with Crippen LogP contribution in [0.4, 0.5) is 11.4 Å². The molecule has 138 valence electrons. The molecule has 1 saturated heterocycles. The van der Waals surface area contributed by atoms with Crippen LogP contribution in [0.5, 0.6) is 0 Å². The molecule has 1 heterocycles. The zero-order valence-corrected chi connectivity index (χ0v) is 14.8. The number of rotatable bonds is 6. The fraction of sp³-hybridized carbons (Fsp3) is 0.294. The number of hydrogen-bond donors (Lipinski definition) is 1. The molecule has 1 fully saturated rings. The van der Waals surface area contributed by atoms with Crippen LogP contribution in [-0.2, 0) is 21.3 Å². The molecule has 8 nitrogen and oxygen atoms in total. The highest BCUT2D eigenvalue weighted by Gasteiger charge is 2.25. The number of hydrogen-bond acceptors (Lipinski definition) is 6. The van der Waals surface area contributed by atoms with Gasteiger partial charge in [0.15, 0.2) is 0 Å². The van der Waals surface area contributed by atoms with Gasteiger partial charge in [-0.2, -0.15) is 4.31 Å². The minimum absolute atomic E-state index is 0.0354. The summed E-state index contributed by atoms with van der Waals surface area (Å²) in [4.78, 5) is 10.5. The minimum Gasteiger partial charge on any atom is -0.381 e. The van der Waals surface area contributed by atoms with Crippen molar-refractivity contribution in [1.82, 2.24) is 4.31 Å². The van der Waals surface area contributed by atoms with E-state index in [0.29, 0.717) is 32.8 Å². The van der Waals surface area contributed by atoms with Crippen LogP contribution < -0.4 is 5.32 Å². The van der Waals surface area contributed by atoms with Gasteiger partial charge in [-0.25, -0.2) is 8.42 Å². The van der Waals surface area contributed by atoms with Crippen molar-refractivity contribution in [2.45, 2.75) is 11.4 Å². The Labute approximate surface area is 151 Å². The summed E-state index contributed by atoms with van der Waals surface area (Å²) in [5.41, 5.74) is 1.69. The molecule has 0 atom stereocenters. The van der Waals surface area contributed by atoms with Gasteiger partial charge in [-0.05, 0) is 29.8 Å². The van der Waals surface area contributed by atoms with Crippen LogP contribution in [0, 0.1) is 10.1 Å². The maximum Gasteiger partial charge on any atom is 0.269 e. The number of non-ortho nitro benzene ring substituents is 1. The van der Waals surface area contributed by atoms with E-state index in [0.717, 1.165) is 11.3 Å². The summed E-state index contributed by atoms with van der Waals surface area (Å²) in [6.07, 6.45) is 0. The average Bonchev–Trinajstić information content (AvgIpc) is 2.67.